The minimum Gasteiger partial charge on any atom is -0.466 e. The van der Waals surface area contributed by atoms with Crippen molar-refractivity contribution < 1.29 is 23.7 Å². The molecule has 0 aliphatic rings. The van der Waals surface area contributed by atoms with Gasteiger partial charge in [0.15, 0.2) is 0 Å². The van der Waals surface area contributed by atoms with Crippen molar-refractivity contribution in [2.75, 3.05) is 20.1 Å². The summed E-state index contributed by atoms with van der Waals surface area (Å²) in [5.41, 5.74) is 0.120. The van der Waals surface area contributed by atoms with Gasteiger partial charge in [-0.15, -0.1) is 0 Å². The third kappa shape index (κ3) is 4.96. The highest BCUT2D eigenvalue weighted by molar-refractivity contribution is 7.37. The molecule has 0 saturated carbocycles. The zero-order valence-corrected chi connectivity index (χ0v) is 7.54. The van der Waals surface area contributed by atoms with Crippen LogP contribution in [0.25, 0.3) is 0 Å². The summed E-state index contributed by atoms with van der Waals surface area (Å²) in [7, 11) is -1.10. The van der Waals surface area contributed by atoms with Gasteiger partial charge >= 0.3 is 14.0 Å². The van der Waals surface area contributed by atoms with E-state index in [9.17, 15) is 9.36 Å². The van der Waals surface area contributed by atoms with Crippen LogP contribution in [-0.2, 0) is 18.8 Å². The summed E-state index contributed by atoms with van der Waals surface area (Å²) in [6.45, 7) is 3.26. The van der Waals surface area contributed by atoms with Gasteiger partial charge in [-0.05, 0) is 4.57 Å². The Morgan fingerprint density at radius 2 is 2.25 bits per heavy atom. The molecule has 0 bridgehead atoms. The Morgan fingerprint density at radius 1 is 1.67 bits per heavy atom. The maximum absolute atomic E-state index is 10.7. The molecule has 6 heteroatoms. The summed E-state index contributed by atoms with van der Waals surface area (Å²) < 4.78 is 19.1. The Labute approximate surface area is 70.8 Å². The topological polar surface area (TPSA) is 72.8 Å². The fourth-order valence-electron chi connectivity index (χ4n) is 0.450. The van der Waals surface area contributed by atoms with Gasteiger partial charge in [0.1, 0.15) is 0 Å². The number of ether oxygens (including phenoxy) is 2. The predicted octanol–water partition coefficient (Wildman–Crippen LogP) is 0.424. The highest BCUT2D eigenvalue weighted by Crippen LogP contribution is 2.12. The zero-order valence-electron chi connectivity index (χ0n) is 6.65. The molecule has 0 aliphatic carbocycles. The third-order valence-corrected chi connectivity index (χ3v) is 1.36. The van der Waals surface area contributed by atoms with E-state index in [-0.39, 0.29) is 18.5 Å². The van der Waals surface area contributed by atoms with Crippen molar-refractivity contribution in [3.8, 4) is 0 Å². The van der Waals surface area contributed by atoms with Crippen molar-refractivity contribution in [1.82, 2.24) is 0 Å². The number of esters is 1. The van der Waals surface area contributed by atoms with Gasteiger partial charge in [0.05, 0.1) is 19.3 Å². The molecule has 5 nitrogen and oxygen atoms in total. The fourth-order valence-corrected chi connectivity index (χ4v) is 0.698. The number of methoxy groups -OCH3 is 1. The first-order chi connectivity index (χ1) is 5.57. The van der Waals surface area contributed by atoms with Gasteiger partial charge in [-0.2, -0.15) is 4.89 Å². The fraction of sp³-hybridized carbons (Fsp3) is 0.500. The maximum Gasteiger partial charge on any atom is 0.534 e. The first-order valence-electron chi connectivity index (χ1n) is 3.05. The monoisotopic (exact) mass is 193 g/mol. The van der Waals surface area contributed by atoms with Crippen LogP contribution in [0.1, 0.15) is 0 Å². The minimum atomic E-state index is -2.32. The second-order valence-corrected chi connectivity index (χ2v) is 2.89. The Morgan fingerprint density at radius 3 is 2.67 bits per heavy atom. The number of carbonyl (C=O) groups excluding carboxylic acids is 1. The van der Waals surface area contributed by atoms with Gasteiger partial charge in [-0.3, -0.25) is 0 Å². The first kappa shape index (κ1) is 11.2. The summed E-state index contributed by atoms with van der Waals surface area (Å²) in [6.07, 6.45) is -0.300. The lowest BCUT2D eigenvalue weighted by Gasteiger charge is -1.99. The Kier molecular flexibility index (Phi) is 5.45. The average molecular weight is 193 g/mol. The largest absolute Gasteiger partial charge is 0.534 e. The second-order valence-electron chi connectivity index (χ2n) is 1.92. The van der Waals surface area contributed by atoms with Crippen molar-refractivity contribution in [3.63, 3.8) is 0 Å². The molecule has 0 heterocycles. The van der Waals surface area contributed by atoms with Crippen LogP contribution in [-0.4, -0.2) is 30.9 Å². The van der Waals surface area contributed by atoms with Crippen molar-refractivity contribution in [3.05, 3.63) is 12.2 Å². The van der Waals surface area contributed by atoms with Crippen molar-refractivity contribution in [2.45, 2.75) is 0 Å². The molecule has 0 aromatic carbocycles. The lowest BCUT2D eigenvalue weighted by molar-refractivity contribution is -0.136. The molecule has 0 saturated heterocycles. The molecule has 0 spiro atoms. The molecule has 0 rings (SSSR count). The van der Waals surface area contributed by atoms with Gasteiger partial charge in [-0.25, -0.2) is 4.79 Å². The van der Waals surface area contributed by atoms with Crippen LogP contribution in [0.4, 0.5) is 0 Å². The zero-order chi connectivity index (χ0) is 9.56. The number of hydrogen-bond acceptors (Lipinski definition) is 4. The summed E-state index contributed by atoms with van der Waals surface area (Å²) in [4.78, 5) is 18.9. The quantitative estimate of drug-likeness (QED) is 0.389. The molecule has 1 N–H and O–H groups in total. The molecule has 0 aromatic rings. The second kappa shape index (κ2) is 5.83. The Hall–Kier alpha value is -0.770. The lowest BCUT2D eigenvalue weighted by Crippen LogP contribution is -2.09. The van der Waals surface area contributed by atoms with E-state index in [1.165, 1.54) is 7.11 Å². The number of carbonyl (C=O) groups is 1. The van der Waals surface area contributed by atoms with Crippen LogP contribution >= 0.6 is 8.03 Å². The third-order valence-electron chi connectivity index (χ3n) is 0.952. The summed E-state index contributed by atoms with van der Waals surface area (Å²) in [6, 6.07) is 0. The average Bonchev–Trinajstić information content (AvgIpc) is 2.02. The van der Waals surface area contributed by atoms with Crippen molar-refractivity contribution in [1.29, 1.82) is 0 Å². The smallest absolute Gasteiger partial charge is 0.466 e. The van der Waals surface area contributed by atoms with Crippen LogP contribution in [0.3, 0.4) is 0 Å². The van der Waals surface area contributed by atoms with E-state index in [0.29, 0.717) is 0 Å². The molecule has 0 aliphatic heterocycles. The minimum absolute atomic E-state index is 0.0890. The standard InChI is InChI=1S/C6H9O5P/c1-5(6(7)10-2)3-11-4-12(8)9/h1,3-4H2,2H3/p+1. The molecule has 68 valence electrons. The van der Waals surface area contributed by atoms with Gasteiger partial charge in [0, 0.05) is 0 Å². The lowest BCUT2D eigenvalue weighted by atomic mass is 10.3. The van der Waals surface area contributed by atoms with E-state index >= 15 is 0 Å². The Bertz CT molecular complexity index is 200. The summed E-state index contributed by atoms with van der Waals surface area (Å²) >= 11 is 0. The van der Waals surface area contributed by atoms with Gasteiger partial charge in [0.2, 0.25) is 0 Å². The highest BCUT2D eigenvalue weighted by atomic mass is 31.1. The van der Waals surface area contributed by atoms with Gasteiger partial charge in [0.25, 0.3) is 6.35 Å². The molecule has 1 atom stereocenters. The van der Waals surface area contributed by atoms with Crippen molar-refractivity contribution >= 4 is 14.0 Å². The molecular formula is C6H10O5P+. The van der Waals surface area contributed by atoms with E-state index in [4.69, 9.17) is 4.89 Å². The van der Waals surface area contributed by atoms with Crippen LogP contribution in [0.2, 0.25) is 0 Å². The molecular weight excluding hydrogens is 183 g/mol. The first-order valence-corrected chi connectivity index (χ1v) is 4.45. The normalized spacial score (nSPS) is 10.7. The molecule has 0 radical (unpaired) electrons. The van der Waals surface area contributed by atoms with E-state index in [1.54, 1.807) is 0 Å². The Balaban J connectivity index is 3.58. The van der Waals surface area contributed by atoms with E-state index in [2.05, 4.69) is 16.1 Å². The SMILES string of the molecule is C=C(COC[P+](=O)O)C(=O)OC. The van der Waals surface area contributed by atoms with Gasteiger partial charge in [-0.1, -0.05) is 6.58 Å². The van der Waals surface area contributed by atoms with E-state index in [1.807, 2.05) is 0 Å². The predicted molar refractivity (Wildman–Crippen MR) is 41.8 cm³/mol. The maximum atomic E-state index is 10.7. The molecule has 12 heavy (non-hydrogen) atoms. The number of hydrogen-bond donors (Lipinski definition) is 1. The van der Waals surface area contributed by atoms with Gasteiger partial charge < -0.3 is 9.47 Å². The summed E-state index contributed by atoms with van der Waals surface area (Å²) in [5.74, 6) is -0.580. The summed E-state index contributed by atoms with van der Waals surface area (Å²) in [5, 5.41) is 0. The molecule has 0 amide bonds. The molecule has 0 fully saturated rings. The van der Waals surface area contributed by atoms with E-state index < -0.39 is 14.0 Å². The van der Waals surface area contributed by atoms with Crippen LogP contribution in [0.15, 0.2) is 12.2 Å². The van der Waals surface area contributed by atoms with Crippen LogP contribution < -0.4 is 0 Å². The van der Waals surface area contributed by atoms with E-state index in [0.717, 1.165) is 0 Å². The van der Waals surface area contributed by atoms with Crippen LogP contribution in [0.5, 0.6) is 0 Å². The molecule has 0 aromatic heterocycles. The highest BCUT2D eigenvalue weighted by Gasteiger charge is 2.12. The molecule has 1 unspecified atom stereocenters. The number of rotatable bonds is 5. The van der Waals surface area contributed by atoms with Crippen molar-refractivity contribution in [2.24, 2.45) is 0 Å². The van der Waals surface area contributed by atoms with Crippen LogP contribution in [0, 0.1) is 0 Å².